The Labute approximate surface area is 126 Å². The standard InChI is InChI=1S/C18H23FN2/c1-21(14-16-8-5-9-17(19)12-16)18(13-20)11-10-15-6-3-2-4-7-15/h2-9,12,18H,10-11,13-14,20H2,1H3. The van der Waals surface area contributed by atoms with E-state index in [4.69, 9.17) is 5.73 Å². The maximum absolute atomic E-state index is 13.2. The van der Waals surface area contributed by atoms with Crippen molar-refractivity contribution in [3.63, 3.8) is 0 Å². The topological polar surface area (TPSA) is 29.3 Å². The van der Waals surface area contributed by atoms with Gasteiger partial charge in [0.1, 0.15) is 5.82 Å². The third-order valence-electron chi connectivity index (χ3n) is 3.83. The molecule has 2 rings (SSSR count). The van der Waals surface area contributed by atoms with Gasteiger partial charge in [0.15, 0.2) is 0 Å². The van der Waals surface area contributed by atoms with E-state index in [1.54, 1.807) is 12.1 Å². The van der Waals surface area contributed by atoms with Gasteiger partial charge in [0, 0.05) is 19.1 Å². The Morgan fingerprint density at radius 3 is 2.43 bits per heavy atom. The zero-order chi connectivity index (χ0) is 15.1. The lowest BCUT2D eigenvalue weighted by Crippen LogP contribution is -2.37. The van der Waals surface area contributed by atoms with Crippen LogP contribution >= 0.6 is 0 Å². The number of rotatable bonds is 7. The van der Waals surface area contributed by atoms with Crippen molar-refractivity contribution < 1.29 is 4.39 Å². The van der Waals surface area contributed by atoms with Gasteiger partial charge in [-0.05, 0) is 43.1 Å². The summed E-state index contributed by atoms with van der Waals surface area (Å²) in [6.07, 6.45) is 2.02. The summed E-state index contributed by atoms with van der Waals surface area (Å²) in [5.41, 5.74) is 8.22. The average Bonchev–Trinajstić information content (AvgIpc) is 2.49. The number of halogens is 1. The number of nitrogens with zero attached hydrogens (tertiary/aromatic N) is 1. The Bertz CT molecular complexity index is 542. The van der Waals surface area contributed by atoms with Crippen LogP contribution in [0.1, 0.15) is 17.5 Å². The van der Waals surface area contributed by atoms with Crippen molar-refractivity contribution in [3.05, 3.63) is 71.5 Å². The van der Waals surface area contributed by atoms with Crippen LogP contribution in [0.2, 0.25) is 0 Å². The summed E-state index contributed by atoms with van der Waals surface area (Å²) in [6.45, 7) is 1.33. The van der Waals surface area contributed by atoms with Crippen LogP contribution < -0.4 is 5.73 Å². The van der Waals surface area contributed by atoms with E-state index in [1.165, 1.54) is 11.6 Å². The van der Waals surface area contributed by atoms with E-state index < -0.39 is 0 Å². The maximum atomic E-state index is 13.2. The molecule has 0 saturated heterocycles. The van der Waals surface area contributed by atoms with Crippen LogP contribution in [0.25, 0.3) is 0 Å². The summed E-state index contributed by atoms with van der Waals surface area (Å²) in [5, 5.41) is 0. The molecule has 2 N–H and O–H groups in total. The highest BCUT2D eigenvalue weighted by Gasteiger charge is 2.13. The second kappa shape index (κ2) is 7.91. The number of nitrogens with two attached hydrogens (primary N) is 1. The number of hydrogen-bond donors (Lipinski definition) is 1. The number of benzene rings is 2. The summed E-state index contributed by atoms with van der Waals surface area (Å²) < 4.78 is 13.2. The number of hydrogen-bond acceptors (Lipinski definition) is 2. The molecule has 0 aromatic heterocycles. The third kappa shape index (κ3) is 4.96. The van der Waals surface area contributed by atoms with Crippen LogP contribution in [0, 0.1) is 5.82 Å². The minimum Gasteiger partial charge on any atom is -0.329 e. The van der Waals surface area contributed by atoms with Gasteiger partial charge in [0.25, 0.3) is 0 Å². The molecule has 0 aliphatic rings. The Balaban J connectivity index is 1.90. The first kappa shape index (κ1) is 15.7. The van der Waals surface area contributed by atoms with Gasteiger partial charge in [0.2, 0.25) is 0 Å². The summed E-state index contributed by atoms with van der Waals surface area (Å²) in [7, 11) is 2.05. The maximum Gasteiger partial charge on any atom is 0.123 e. The Morgan fingerprint density at radius 1 is 1.05 bits per heavy atom. The average molecular weight is 286 g/mol. The van der Waals surface area contributed by atoms with E-state index in [0.717, 1.165) is 18.4 Å². The van der Waals surface area contributed by atoms with Gasteiger partial charge in [-0.3, -0.25) is 4.90 Å². The van der Waals surface area contributed by atoms with Crippen LogP contribution in [0.5, 0.6) is 0 Å². The number of aryl methyl sites for hydroxylation is 1. The predicted octanol–water partition coefficient (Wildman–Crippen LogP) is 3.22. The highest BCUT2D eigenvalue weighted by molar-refractivity contribution is 5.17. The molecule has 112 valence electrons. The molecule has 1 unspecified atom stereocenters. The van der Waals surface area contributed by atoms with Crippen molar-refractivity contribution in [1.29, 1.82) is 0 Å². The molecular weight excluding hydrogens is 263 g/mol. The largest absolute Gasteiger partial charge is 0.329 e. The molecule has 2 aromatic carbocycles. The van der Waals surface area contributed by atoms with E-state index in [1.807, 2.05) is 19.2 Å². The molecule has 0 aliphatic carbocycles. The lowest BCUT2D eigenvalue weighted by atomic mass is 10.0. The lowest BCUT2D eigenvalue weighted by molar-refractivity contribution is 0.227. The molecule has 0 saturated carbocycles. The van der Waals surface area contributed by atoms with Crippen molar-refractivity contribution in [2.24, 2.45) is 5.73 Å². The fraction of sp³-hybridized carbons (Fsp3) is 0.333. The van der Waals surface area contributed by atoms with Crippen LogP contribution in [-0.2, 0) is 13.0 Å². The van der Waals surface area contributed by atoms with Crippen LogP contribution in [0.4, 0.5) is 4.39 Å². The molecule has 0 fully saturated rings. The SMILES string of the molecule is CN(Cc1cccc(F)c1)C(CN)CCc1ccccc1. The Kier molecular flexibility index (Phi) is 5.90. The fourth-order valence-electron chi connectivity index (χ4n) is 2.55. The summed E-state index contributed by atoms with van der Waals surface area (Å²) in [5.74, 6) is -0.186. The molecule has 1 atom stereocenters. The van der Waals surface area contributed by atoms with Gasteiger partial charge in [0.05, 0.1) is 0 Å². The van der Waals surface area contributed by atoms with Gasteiger partial charge in [-0.25, -0.2) is 4.39 Å². The summed E-state index contributed by atoms with van der Waals surface area (Å²) in [6, 6.07) is 17.5. The van der Waals surface area contributed by atoms with Crippen molar-refractivity contribution >= 4 is 0 Å². The normalized spacial score (nSPS) is 12.6. The molecule has 3 heteroatoms. The van der Waals surface area contributed by atoms with E-state index in [-0.39, 0.29) is 5.82 Å². The van der Waals surface area contributed by atoms with E-state index in [0.29, 0.717) is 19.1 Å². The Hall–Kier alpha value is -1.71. The van der Waals surface area contributed by atoms with Crippen molar-refractivity contribution in [2.45, 2.75) is 25.4 Å². The molecule has 0 heterocycles. The first-order valence-electron chi connectivity index (χ1n) is 7.37. The van der Waals surface area contributed by atoms with Gasteiger partial charge in [-0.1, -0.05) is 42.5 Å². The number of likely N-dealkylation sites (N-methyl/N-ethyl adjacent to an activating group) is 1. The van der Waals surface area contributed by atoms with Gasteiger partial charge in [-0.15, -0.1) is 0 Å². The van der Waals surface area contributed by atoms with Gasteiger partial charge < -0.3 is 5.73 Å². The minimum absolute atomic E-state index is 0.186. The van der Waals surface area contributed by atoms with Gasteiger partial charge in [-0.2, -0.15) is 0 Å². The van der Waals surface area contributed by atoms with Crippen molar-refractivity contribution in [1.82, 2.24) is 4.90 Å². The first-order valence-corrected chi connectivity index (χ1v) is 7.37. The van der Waals surface area contributed by atoms with E-state index in [9.17, 15) is 4.39 Å². The quantitative estimate of drug-likeness (QED) is 0.847. The molecule has 2 aromatic rings. The monoisotopic (exact) mass is 286 g/mol. The molecule has 0 bridgehead atoms. The highest BCUT2D eigenvalue weighted by Crippen LogP contribution is 2.12. The first-order chi connectivity index (χ1) is 10.2. The summed E-state index contributed by atoms with van der Waals surface area (Å²) in [4.78, 5) is 2.21. The van der Waals surface area contributed by atoms with Crippen molar-refractivity contribution in [2.75, 3.05) is 13.6 Å². The zero-order valence-corrected chi connectivity index (χ0v) is 12.5. The highest BCUT2D eigenvalue weighted by atomic mass is 19.1. The molecular formula is C18H23FN2. The minimum atomic E-state index is -0.186. The fourth-order valence-corrected chi connectivity index (χ4v) is 2.55. The molecule has 0 spiro atoms. The van der Waals surface area contributed by atoms with Crippen LogP contribution in [0.15, 0.2) is 54.6 Å². The van der Waals surface area contributed by atoms with Gasteiger partial charge >= 0.3 is 0 Å². The molecule has 0 radical (unpaired) electrons. The molecule has 21 heavy (non-hydrogen) atoms. The predicted molar refractivity (Wildman–Crippen MR) is 85.5 cm³/mol. The third-order valence-corrected chi connectivity index (χ3v) is 3.83. The lowest BCUT2D eigenvalue weighted by Gasteiger charge is -2.27. The second-order valence-electron chi connectivity index (χ2n) is 5.46. The Morgan fingerprint density at radius 2 is 1.76 bits per heavy atom. The molecule has 2 nitrogen and oxygen atoms in total. The van der Waals surface area contributed by atoms with Crippen LogP contribution in [0.3, 0.4) is 0 Å². The van der Waals surface area contributed by atoms with Crippen molar-refractivity contribution in [3.8, 4) is 0 Å². The smallest absolute Gasteiger partial charge is 0.123 e. The molecule has 0 aliphatic heterocycles. The molecule has 0 amide bonds. The van der Waals surface area contributed by atoms with Crippen LogP contribution in [-0.4, -0.2) is 24.5 Å². The second-order valence-corrected chi connectivity index (χ2v) is 5.46. The van der Waals surface area contributed by atoms with E-state index in [2.05, 4.69) is 29.2 Å². The summed E-state index contributed by atoms with van der Waals surface area (Å²) >= 11 is 0. The van der Waals surface area contributed by atoms with E-state index >= 15 is 0 Å². The zero-order valence-electron chi connectivity index (χ0n) is 12.5.